The average molecular weight is 370 g/mol. The summed E-state index contributed by atoms with van der Waals surface area (Å²) >= 11 is 0. The van der Waals surface area contributed by atoms with E-state index in [1.54, 1.807) is 24.4 Å². The van der Waals surface area contributed by atoms with Crippen molar-refractivity contribution in [1.29, 1.82) is 0 Å². The van der Waals surface area contributed by atoms with Crippen molar-refractivity contribution in [1.82, 2.24) is 15.0 Å². The Morgan fingerprint density at radius 1 is 1.26 bits per heavy atom. The van der Waals surface area contributed by atoms with Crippen LogP contribution < -0.4 is 11.6 Å². The molecule has 0 aliphatic rings. The van der Waals surface area contributed by atoms with Crippen LogP contribution in [0.3, 0.4) is 0 Å². The van der Waals surface area contributed by atoms with Gasteiger partial charge in [-0.05, 0) is 37.0 Å². The quantitative estimate of drug-likeness (QED) is 0.181. The molecule has 2 atom stereocenters. The molecule has 0 saturated heterocycles. The minimum Gasteiger partial charge on any atom is -0.480 e. The third kappa shape index (κ3) is 5.14. The van der Waals surface area contributed by atoms with Gasteiger partial charge in [0.25, 0.3) is 0 Å². The molecule has 142 valence electrons. The van der Waals surface area contributed by atoms with E-state index in [1.165, 1.54) is 24.8 Å². The van der Waals surface area contributed by atoms with Crippen LogP contribution in [0.5, 0.6) is 0 Å². The molecule has 5 N–H and O–H groups in total. The lowest BCUT2D eigenvalue weighted by molar-refractivity contribution is -0.148. The molecule has 0 saturated carbocycles. The van der Waals surface area contributed by atoms with Crippen LogP contribution in [0.25, 0.3) is 0 Å². The zero-order valence-electron chi connectivity index (χ0n) is 14.7. The maximum atomic E-state index is 13.2. The van der Waals surface area contributed by atoms with Gasteiger partial charge < -0.3 is 16.7 Å². The van der Waals surface area contributed by atoms with Gasteiger partial charge in [-0.25, -0.2) is 14.8 Å². The molecule has 0 amide bonds. The number of carboxylic acid groups (broad SMARTS) is 1. The molecule has 0 aliphatic carbocycles. The van der Waals surface area contributed by atoms with Crippen LogP contribution in [0.1, 0.15) is 36.6 Å². The largest absolute Gasteiger partial charge is 0.480 e. The number of unbranched alkanes of at least 4 members (excludes halogenated alkanes) is 1. The third-order valence-corrected chi connectivity index (χ3v) is 4.17. The number of nitrogens with two attached hydrogens (primary N) is 2. The Labute approximate surface area is 156 Å². The molecule has 2 heterocycles. The molecule has 2 rings (SSSR count). The van der Waals surface area contributed by atoms with E-state index in [9.17, 15) is 14.7 Å². The first kappa shape index (κ1) is 20.1. The van der Waals surface area contributed by atoms with Crippen LogP contribution in [-0.2, 0) is 16.0 Å². The van der Waals surface area contributed by atoms with Crippen molar-refractivity contribution in [2.45, 2.75) is 37.1 Å². The van der Waals surface area contributed by atoms with Gasteiger partial charge in [0.1, 0.15) is 5.82 Å². The summed E-state index contributed by atoms with van der Waals surface area (Å²) in [4.78, 5) is 37.4. The minimum absolute atomic E-state index is 0.178. The minimum atomic E-state index is -2.12. The van der Waals surface area contributed by atoms with Gasteiger partial charge >= 0.3 is 5.97 Å². The smallest absolute Gasteiger partial charge is 0.331 e. The summed E-state index contributed by atoms with van der Waals surface area (Å²) in [7, 11) is 0. The lowest BCUT2D eigenvalue weighted by atomic mass is 9.79. The average Bonchev–Trinajstić information content (AvgIpc) is 2.69. The van der Waals surface area contributed by atoms with E-state index < -0.39 is 23.2 Å². The van der Waals surface area contributed by atoms with Crippen molar-refractivity contribution in [2.75, 3.05) is 0 Å². The van der Waals surface area contributed by atoms with Gasteiger partial charge in [-0.15, -0.1) is 0 Å². The number of pyridine rings is 1. The molecule has 2 aromatic heterocycles. The molecule has 0 radical (unpaired) electrons. The Hall–Kier alpha value is -3.20. The van der Waals surface area contributed by atoms with Crippen molar-refractivity contribution >= 4 is 18.0 Å². The van der Waals surface area contributed by atoms with Crippen LogP contribution in [0.2, 0.25) is 0 Å². The molecule has 0 bridgehead atoms. The molecule has 9 heteroatoms. The summed E-state index contributed by atoms with van der Waals surface area (Å²) in [6.07, 6.45) is 8.83. The van der Waals surface area contributed by atoms with E-state index in [1.807, 2.05) is 0 Å². The Bertz CT molecular complexity index is 784. The summed E-state index contributed by atoms with van der Waals surface area (Å²) in [5.41, 5.74) is 4.54. The Morgan fingerprint density at radius 2 is 2.00 bits per heavy atom. The first-order valence-corrected chi connectivity index (χ1v) is 8.43. The van der Waals surface area contributed by atoms with Crippen LogP contribution >= 0.6 is 0 Å². The number of aliphatic carboxylic acids is 1. The molecule has 0 aromatic carbocycles. The van der Waals surface area contributed by atoms with Crippen LogP contribution in [0.4, 0.5) is 0 Å². The molecule has 0 spiro atoms. The lowest BCUT2D eigenvalue weighted by Gasteiger charge is -2.27. The fraction of sp³-hybridized carbons (Fsp3) is 0.333. The van der Waals surface area contributed by atoms with Crippen molar-refractivity contribution in [3.05, 3.63) is 54.4 Å². The molecule has 27 heavy (non-hydrogen) atoms. The van der Waals surface area contributed by atoms with Crippen molar-refractivity contribution in [3.8, 4) is 0 Å². The number of hydrazone groups is 1. The number of hydrogen-bond acceptors (Lipinski definition) is 8. The van der Waals surface area contributed by atoms with E-state index in [-0.39, 0.29) is 12.2 Å². The van der Waals surface area contributed by atoms with Crippen LogP contribution in [0, 0.1) is 0 Å². The zero-order valence-corrected chi connectivity index (χ0v) is 14.7. The third-order valence-electron chi connectivity index (χ3n) is 4.17. The van der Waals surface area contributed by atoms with Gasteiger partial charge in [0.15, 0.2) is 11.3 Å². The highest BCUT2D eigenvalue weighted by Gasteiger charge is 2.46. The van der Waals surface area contributed by atoms with E-state index >= 15 is 0 Å². The van der Waals surface area contributed by atoms with E-state index in [2.05, 4.69) is 20.1 Å². The second kappa shape index (κ2) is 9.48. The van der Waals surface area contributed by atoms with E-state index in [4.69, 9.17) is 11.6 Å². The van der Waals surface area contributed by atoms with Crippen molar-refractivity contribution in [3.63, 3.8) is 0 Å². The zero-order chi connectivity index (χ0) is 19.7. The number of carbonyl (C=O) groups is 2. The topological polar surface area (TPSA) is 157 Å². The Kier molecular flexibility index (Phi) is 7.07. The van der Waals surface area contributed by atoms with Crippen molar-refractivity contribution in [2.24, 2.45) is 16.7 Å². The highest BCUT2D eigenvalue weighted by atomic mass is 16.4. The first-order chi connectivity index (χ1) is 13.0. The van der Waals surface area contributed by atoms with Gasteiger partial charge in [-0.2, -0.15) is 5.10 Å². The highest BCUT2D eigenvalue weighted by Crippen LogP contribution is 2.26. The summed E-state index contributed by atoms with van der Waals surface area (Å²) in [6.45, 7) is 0. The number of carboxylic acids is 1. The number of ketones is 1. The van der Waals surface area contributed by atoms with Gasteiger partial charge in [0.2, 0.25) is 0 Å². The predicted octanol–water partition coefficient (Wildman–Crippen LogP) is 0.664. The fourth-order valence-electron chi connectivity index (χ4n) is 2.76. The number of carbonyl (C=O) groups excluding carboxylic acids is 1. The lowest BCUT2D eigenvalue weighted by Crippen LogP contribution is -2.58. The van der Waals surface area contributed by atoms with Crippen LogP contribution in [-0.4, -0.2) is 43.6 Å². The maximum absolute atomic E-state index is 13.2. The van der Waals surface area contributed by atoms with E-state index in [0.717, 1.165) is 0 Å². The monoisotopic (exact) mass is 370 g/mol. The normalized spacial score (nSPS) is 14.6. The van der Waals surface area contributed by atoms with Gasteiger partial charge in [-0.1, -0.05) is 6.07 Å². The van der Waals surface area contributed by atoms with Crippen LogP contribution in [0.15, 0.2) is 48.1 Å². The second-order valence-electron chi connectivity index (χ2n) is 6.10. The number of nitrogens with zero attached hydrogens (tertiary/aromatic N) is 4. The number of hydrogen-bond donors (Lipinski definition) is 3. The Morgan fingerprint density at radius 3 is 2.59 bits per heavy atom. The summed E-state index contributed by atoms with van der Waals surface area (Å²) in [6, 6.07) is 4.96. The van der Waals surface area contributed by atoms with Gasteiger partial charge in [0, 0.05) is 37.4 Å². The van der Waals surface area contributed by atoms with E-state index in [0.29, 0.717) is 24.8 Å². The van der Waals surface area contributed by atoms with Gasteiger partial charge in [0.05, 0.1) is 5.92 Å². The first-order valence-electron chi connectivity index (χ1n) is 8.43. The highest BCUT2D eigenvalue weighted by molar-refractivity contribution is 6.10. The molecule has 2 unspecified atom stereocenters. The molecule has 0 fully saturated rings. The van der Waals surface area contributed by atoms with Gasteiger partial charge in [-0.3, -0.25) is 9.78 Å². The molecular weight excluding hydrogens is 348 g/mol. The fourth-order valence-corrected chi connectivity index (χ4v) is 2.76. The molecular formula is C18H22N6O3. The number of Topliss-reactive ketones (excluding diaryl/α,β-unsaturated/α-hetero) is 1. The second-order valence-corrected chi connectivity index (χ2v) is 6.10. The molecule has 2 aromatic rings. The predicted molar refractivity (Wildman–Crippen MR) is 98.8 cm³/mol. The molecule has 0 aliphatic heterocycles. The standard InChI is InChI=1S/C18H22N6O3/c19-18(17(26)27,11-13-5-3-7-21-12-13)15(25)14(6-1-2-10-24-20)16-22-8-4-9-23-16/h3-5,7-10,12,14H,1-2,6,11,19-20H2,(H,26,27). The molecule has 9 nitrogen and oxygen atoms in total. The van der Waals surface area contributed by atoms with Crippen molar-refractivity contribution < 1.29 is 14.7 Å². The maximum Gasteiger partial charge on any atom is 0.331 e. The number of rotatable bonds is 10. The number of aromatic nitrogens is 3. The summed E-state index contributed by atoms with van der Waals surface area (Å²) < 4.78 is 0. The SMILES string of the molecule is NN=CCCCC(C(=O)C(N)(Cc1cccnc1)C(=O)O)c1ncccn1. The Balaban J connectivity index is 2.32. The summed E-state index contributed by atoms with van der Waals surface area (Å²) in [5, 5.41) is 13.1. The summed E-state index contributed by atoms with van der Waals surface area (Å²) in [5.74, 6) is 2.43.